The molecule has 41 heavy (non-hydrogen) atoms. The molecule has 0 saturated carbocycles. The number of alkyl halides is 5. The zero-order valence-corrected chi connectivity index (χ0v) is 22.8. The number of hydrogen-bond acceptors (Lipinski definition) is 7. The summed E-state index contributed by atoms with van der Waals surface area (Å²) in [7, 11) is -3.67. The normalized spacial score (nSPS) is 18.4. The largest absolute Gasteiger partial charge is 0.494 e. The Kier molecular flexibility index (Phi) is 8.92. The summed E-state index contributed by atoms with van der Waals surface area (Å²) < 4.78 is 97.2. The van der Waals surface area contributed by atoms with E-state index in [2.05, 4.69) is 15.7 Å². The Morgan fingerprint density at radius 2 is 2.02 bits per heavy atom. The van der Waals surface area contributed by atoms with Gasteiger partial charge in [0.15, 0.2) is 15.7 Å². The number of carbonyl (C=O) groups excluding carboxylic acids is 2. The number of halogens is 5. The van der Waals surface area contributed by atoms with E-state index in [-0.39, 0.29) is 44.0 Å². The number of carbonyl (C=O) groups is 2. The second-order valence-electron chi connectivity index (χ2n) is 10.1. The first kappa shape index (κ1) is 30.7. The number of fused-ring (bicyclic) bond motifs is 3. The Hall–Kier alpha value is -3.27. The van der Waals surface area contributed by atoms with Gasteiger partial charge in [-0.3, -0.25) is 14.3 Å². The predicted octanol–water partition coefficient (Wildman–Crippen LogP) is 3.00. The molecule has 16 heteroatoms. The first-order valence-electron chi connectivity index (χ1n) is 12.7. The lowest BCUT2D eigenvalue weighted by molar-refractivity contribution is -0.136. The maximum Gasteiger partial charge on any atom is 0.389 e. The SMILES string of the molecule is CS(=O)(=O)CC(=O)Nc1nn(CCOCC(F)F)c2c1C(=O)N[C@@]1(CCc3cc(OCCCC(F)(F)F)ccc31)C2. The lowest BCUT2D eigenvalue weighted by Crippen LogP contribution is -2.50. The number of rotatable bonds is 12. The Balaban J connectivity index is 1.57. The number of aryl methyl sites for hydroxylation is 1. The van der Waals surface area contributed by atoms with Gasteiger partial charge in [0, 0.05) is 19.1 Å². The van der Waals surface area contributed by atoms with Crippen molar-refractivity contribution >= 4 is 27.5 Å². The average molecular weight is 609 g/mol. The molecule has 2 heterocycles. The van der Waals surface area contributed by atoms with Gasteiger partial charge in [-0.1, -0.05) is 6.07 Å². The Morgan fingerprint density at radius 1 is 1.27 bits per heavy atom. The van der Waals surface area contributed by atoms with Crippen molar-refractivity contribution < 1.29 is 49.4 Å². The summed E-state index contributed by atoms with van der Waals surface area (Å²) in [6, 6.07) is 5.09. The van der Waals surface area contributed by atoms with Gasteiger partial charge in [0.1, 0.15) is 23.7 Å². The topological polar surface area (TPSA) is 129 Å². The van der Waals surface area contributed by atoms with E-state index in [0.717, 1.165) is 17.4 Å². The van der Waals surface area contributed by atoms with Crippen molar-refractivity contribution in [2.45, 2.75) is 56.8 Å². The number of aromatic nitrogens is 2. The summed E-state index contributed by atoms with van der Waals surface area (Å²) in [4.78, 5) is 25.7. The van der Waals surface area contributed by atoms with Gasteiger partial charge < -0.3 is 20.1 Å². The molecule has 4 rings (SSSR count). The third-order valence-electron chi connectivity index (χ3n) is 6.74. The van der Waals surface area contributed by atoms with Crippen molar-refractivity contribution in [2.75, 3.05) is 37.1 Å². The highest BCUT2D eigenvalue weighted by Gasteiger charge is 2.46. The van der Waals surface area contributed by atoms with Gasteiger partial charge in [-0.15, -0.1) is 0 Å². The number of anilines is 1. The fraction of sp³-hybridized carbons (Fsp3) is 0.560. The minimum absolute atomic E-state index is 0.0160. The van der Waals surface area contributed by atoms with Crippen LogP contribution in [0.4, 0.5) is 27.8 Å². The summed E-state index contributed by atoms with van der Waals surface area (Å²) in [5.41, 5.74) is 1.19. The minimum Gasteiger partial charge on any atom is -0.494 e. The van der Waals surface area contributed by atoms with Crippen LogP contribution in [0.2, 0.25) is 0 Å². The zero-order chi connectivity index (χ0) is 30.0. The lowest BCUT2D eigenvalue weighted by Gasteiger charge is -2.36. The fourth-order valence-corrected chi connectivity index (χ4v) is 5.67. The Labute approximate surface area is 232 Å². The lowest BCUT2D eigenvalue weighted by atomic mass is 9.82. The molecule has 1 aliphatic carbocycles. The maximum absolute atomic E-state index is 13.4. The summed E-state index contributed by atoms with van der Waals surface area (Å²) in [5, 5.41) is 9.63. The Morgan fingerprint density at radius 3 is 2.71 bits per heavy atom. The minimum atomic E-state index is -4.26. The van der Waals surface area contributed by atoms with Gasteiger partial charge in [0.25, 0.3) is 12.3 Å². The summed E-state index contributed by atoms with van der Waals surface area (Å²) >= 11 is 0. The van der Waals surface area contributed by atoms with Crippen LogP contribution in [0, 0.1) is 0 Å². The number of ether oxygens (including phenoxy) is 2. The second-order valence-corrected chi connectivity index (χ2v) is 12.2. The molecular formula is C25H29F5N4O6S. The Bertz CT molecular complexity index is 1410. The standard InChI is InChI=1S/C25H29F5N4O6S/c1-41(37,38)14-20(35)31-22-21-18(34(33-22)8-10-39-13-19(26)27)12-24(32-23(21)36)7-5-15-11-16(3-4-17(15)24)40-9-2-6-25(28,29)30/h3-4,11,19H,2,5-10,12-14H2,1H3,(H,32,36)(H,31,33,35)/t24-/m0/s1. The second kappa shape index (κ2) is 11.9. The van der Waals surface area contributed by atoms with E-state index in [4.69, 9.17) is 9.47 Å². The van der Waals surface area contributed by atoms with E-state index in [1.165, 1.54) is 4.68 Å². The molecule has 1 spiro atoms. The monoisotopic (exact) mass is 608 g/mol. The summed E-state index contributed by atoms with van der Waals surface area (Å²) in [6.07, 6.45) is -5.95. The van der Waals surface area contributed by atoms with Gasteiger partial charge in [-0.2, -0.15) is 18.3 Å². The van der Waals surface area contributed by atoms with Crippen molar-refractivity contribution in [1.29, 1.82) is 0 Å². The molecule has 0 unspecified atom stereocenters. The van der Waals surface area contributed by atoms with Crippen molar-refractivity contribution in [1.82, 2.24) is 15.1 Å². The number of sulfone groups is 1. The molecule has 0 radical (unpaired) electrons. The van der Waals surface area contributed by atoms with E-state index in [9.17, 15) is 40.0 Å². The molecule has 2 aliphatic rings. The molecule has 1 aliphatic heterocycles. The van der Waals surface area contributed by atoms with E-state index in [1.807, 2.05) is 0 Å². The van der Waals surface area contributed by atoms with Gasteiger partial charge >= 0.3 is 6.18 Å². The average Bonchev–Trinajstić information content (AvgIpc) is 3.35. The summed E-state index contributed by atoms with van der Waals surface area (Å²) in [6.45, 7) is -1.07. The molecule has 2 amide bonds. The van der Waals surface area contributed by atoms with Gasteiger partial charge in [0.05, 0.1) is 31.0 Å². The van der Waals surface area contributed by atoms with Crippen LogP contribution in [0.3, 0.4) is 0 Å². The number of nitrogens with one attached hydrogen (secondary N) is 2. The molecule has 0 saturated heterocycles. The number of benzene rings is 1. The molecule has 1 aromatic heterocycles. The third-order valence-corrected chi connectivity index (χ3v) is 7.52. The molecule has 2 N–H and O–H groups in total. The van der Waals surface area contributed by atoms with E-state index >= 15 is 0 Å². The fourth-order valence-electron chi connectivity index (χ4n) is 5.12. The molecule has 226 valence electrons. The zero-order valence-electron chi connectivity index (χ0n) is 22.0. The van der Waals surface area contributed by atoms with Crippen molar-refractivity contribution in [2.24, 2.45) is 0 Å². The van der Waals surface area contributed by atoms with Crippen LogP contribution >= 0.6 is 0 Å². The molecule has 2 aromatic rings. The highest BCUT2D eigenvalue weighted by Crippen LogP contribution is 2.44. The first-order chi connectivity index (χ1) is 19.2. The van der Waals surface area contributed by atoms with Crippen LogP contribution in [-0.2, 0) is 44.3 Å². The van der Waals surface area contributed by atoms with Crippen LogP contribution in [0.1, 0.15) is 46.4 Å². The van der Waals surface area contributed by atoms with E-state index in [0.29, 0.717) is 24.3 Å². The highest BCUT2D eigenvalue weighted by molar-refractivity contribution is 7.91. The van der Waals surface area contributed by atoms with E-state index < -0.39 is 58.6 Å². The highest BCUT2D eigenvalue weighted by atomic mass is 32.2. The maximum atomic E-state index is 13.4. The first-order valence-corrected chi connectivity index (χ1v) is 14.8. The van der Waals surface area contributed by atoms with Gasteiger partial charge in [-0.25, -0.2) is 17.2 Å². The number of amides is 2. The predicted molar refractivity (Wildman–Crippen MR) is 136 cm³/mol. The molecule has 0 fully saturated rings. The molecular weight excluding hydrogens is 579 g/mol. The molecule has 0 bridgehead atoms. The van der Waals surface area contributed by atoms with Crippen LogP contribution in [0.5, 0.6) is 5.75 Å². The van der Waals surface area contributed by atoms with Crippen molar-refractivity contribution in [3.8, 4) is 5.75 Å². The molecule has 1 atom stereocenters. The van der Waals surface area contributed by atoms with Crippen LogP contribution < -0.4 is 15.4 Å². The smallest absolute Gasteiger partial charge is 0.389 e. The van der Waals surface area contributed by atoms with E-state index in [1.54, 1.807) is 18.2 Å². The van der Waals surface area contributed by atoms with Crippen molar-refractivity contribution in [3.63, 3.8) is 0 Å². The van der Waals surface area contributed by atoms with Crippen molar-refractivity contribution in [3.05, 3.63) is 40.6 Å². The molecule has 10 nitrogen and oxygen atoms in total. The third kappa shape index (κ3) is 7.72. The quantitative estimate of drug-likeness (QED) is 0.280. The van der Waals surface area contributed by atoms with Gasteiger partial charge in [-0.05, 0) is 42.5 Å². The summed E-state index contributed by atoms with van der Waals surface area (Å²) in [5.74, 6) is -2.04. The van der Waals surface area contributed by atoms with Crippen LogP contribution in [-0.4, -0.2) is 74.4 Å². The van der Waals surface area contributed by atoms with Crippen LogP contribution in [0.15, 0.2) is 18.2 Å². The van der Waals surface area contributed by atoms with Crippen LogP contribution in [0.25, 0.3) is 0 Å². The molecule has 1 aromatic carbocycles. The van der Waals surface area contributed by atoms with Gasteiger partial charge in [0.2, 0.25) is 5.91 Å². The number of hydrogen-bond donors (Lipinski definition) is 2. The number of nitrogens with zero attached hydrogens (tertiary/aromatic N) is 2.